The van der Waals surface area contributed by atoms with E-state index < -0.39 is 6.09 Å². The van der Waals surface area contributed by atoms with Crippen LogP contribution in [0.25, 0.3) is 10.4 Å². The van der Waals surface area contributed by atoms with E-state index in [1.54, 1.807) is 12.1 Å². The van der Waals surface area contributed by atoms with Gasteiger partial charge in [0.15, 0.2) is 0 Å². The zero-order valence-corrected chi connectivity index (χ0v) is 8.83. The van der Waals surface area contributed by atoms with Crippen LogP contribution in [0, 0.1) is 5.82 Å². The Labute approximate surface area is 94.5 Å². The van der Waals surface area contributed by atoms with Crippen LogP contribution in [-0.2, 0) is 0 Å². The number of carbonyl (C=O) groups is 1. The smallest absolute Gasteiger partial charge is 0.390 e. The summed E-state index contributed by atoms with van der Waals surface area (Å²) in [5, 5.41) is 0. The summed E-state index contributed by atoms with van der Waals surface area (Å²) in [4.78, 5) is 15.1. The largest absolute Gasteiger partial charge is 0.411 e. The molecule has 2 rings (SSSR count). The molecule has 0 bridgehead atoms. The Kier molecular flexibility index (Phi) is 2.82. The molecule has 0 aliphatic carbocycles. The number of primary amides is 1. The summed E-state index contributed by atoms with van der Waals surface area (Å²) in [6.07, 6.45) is -0.922. The highest BCUT2D eigenvalue weighted by Crippen LogP contribution is 2.32. The van der Waals surface area contributed by atoms with Gasteiger partial charge in [-0.15, -0.1) is 11.3 Å². The molecule has 0 unspecified atom stereocenters. The van der Waals surface area contributed by atoms with Gasteiger partial charge in [-0.25, -0.2) is 14.2 Å². The number of benzene rings is 1. The van der Waals surface area contributed by atoms with E-state index in [1.807, 2.05) is 0 Å². The number of nitrogens with zero attached hydrogens (tertiary/aromatic N) is 1. The first-order chi connectivity index (χ1) is 7.66. The number of ether oxygens (including phenoxy) is 1. The predicted octanol–water partition coefficient (Wildman–Crippen LogP) is 2.41. The van der Waals surface area contributed by atoms with Crippen LogP contribution >= 0.6 is 11.3 Å². The Hall–Kier alpha value is -1.95. The molecule has 0 spiro atoms. The van der Waals surface area contributed by atoms with Crippen molar-refractivity contribution in [3.05, 3.63) is 35.6 Å². The molecule has 0 fully saturated rings. The highest BCUT2D eigenvalue weighted by Gasteiger charge is 2.12. The second kappa shape index (κ2) is 4.28. The maximum atomic E-state index is 12.7. The molecule has 0 atom stereocenters. The minimum absolute atomic E-state index is 0.143. The third kappa shape index (κ3) is 2.17. The molecule has 1 aromatic heterocycles. The molecule has 16 heavy (non-hydrogen) atoms. The fourth-order valence-electron chi connectivity index (χ4n) is 1.20. The number of nitrogens with two attached hydrogens (primary N) is 1. The molecule has 0 saturated heterocycles. The highest BCUT2D eigenvalue weighted by atomic mass is 32.1. The first-order valence-corrected chi connectivity index (χ1v) is 5.21. The molecule has 1 aromatic carbocycles. The van der Waals surface area contributed by atoms with Gasteiger partial charge in [-0.1, -0.05) is 12.1 Å². The number of thiazole rings is 1. The van der Waals surface area contributed by atoms with Crippen LogP contribution in [-0.4, -0.2) is 11.1 Å². The Morgan fingerprint density at radius 1 is 1.38 bits per heavy atom. The van der Waals surface area contributed by atoms with Crippen LogP contribution in [0.2, 0.25) is 0 Å². The summed E-state index contributed by atoms with van der Waals surface area (Å²) >= 11 is 1.28. The SMILES string of the molecule is NC(=O)Oc1ncsc1-c1ccc(F)cc1. The van der Waals surface area contributed by atoms with E-state index in [4.69, 9.17) is 10.5 Å². The molecule has 0 radical (unpaired) electrons. The standard InChI is InChI=1S/C10H7FN2O2S/c11-7-3-1-6(2-4-7)8-9(13-5-16-8)15-10(12)14/h1-5H,(H2,12,14). The molecule has 1 amide bonds. The topological polar surface area (TPSA) is 65.2 Å². The van der Waals surface area contributed by atoms with Crippen LogP contribution in [0.3, 0.4) is 0 Å². The van der Waals surface area contributed by atoms with Gasteiger partial charge in [-0.3, -0.25) is 0 Å². The number of amides is 1. The number of rotatable bonds is 2. The molecular weight excluding hydrogens is 231 g/mol. The van der Waals surface area contributed by atoms with Gasteiger partial charge in [0.1, 0.15) is 5.82 Å². The zero-order valence-electron chi connectivity index (χ0n) is 8.01. The minimum Gasteiger partial charge on any atom is -0.390 e. The normalized spacial score (nSPS) is 10.1. The average molecular weight is 238 g/mol. The fraction of sp³-hybridized carbons (Fsp3) is 0. The maximum Gasteiger partial charge on any atom is 0.411 e. The van der Waals surface area contributed by atoms with Crippen LogP contribution in [0.1, 0.15) is 0 Å². The number of carbonyl (C=O) groups excluding carboxylic acids is 1. The number of aromatic nitrogens is 1. The molecule has 0 aliphatic heterocycles. The molecule has 82 valence electrons. The van der Waals surface area contributed by atoms with Crippen molar-refractivity contribution in [2.75, 3.05) is 0 Å². The summed E-state index contributed by atoms with van der Waals surface area (Å²) in [5.41, 5.74) is 7.15. The van der Waals surface area contributed by atoms with Gasteiger partial charge in [-0.05, 0) is 17.7 Å². The van der Waals surface area contributed by atoms with E-state index in [1.165, 1.54) is 29.0 Å². The number of halogens is 1. The Balaban J connectivity index is 2.36. The molecular formula is C10H7FN2O2S. The lowest BCUT2D eigenvalue weighted by Crippen LogP contribution is -2.16. The summed E-state index contributed by atoms with van der Waals surface area (Å²) in [7, 11) is 0. The van der Waals surface area contributed by atoms with Crippen molar-refractivity contribution in [3.63, 3.8) is 0 Å². The molecule has 2 N–H and O–H groups in total. The summed E-state index contributed by atoms with van der Waals surface area (Å²) in [6.45, 7) is 0. The van der Waals surface area contributed by atoms with E-state index in [0.29, 0.717) is 4.88 Å². The predicted molar refractivity (Wildman–Crippen MR) is 57.7 cm³/mol. The summed E-state index contributed by atoms with van der Waals surface area (Å²) < 4.78 is 17.4. The average Bonchev–Trinajstić information content (AvgIpc) is 2.66. The van der Waals surface area contributed by atoms with E-state index in [0.717, 1.165) is 5.56 Å². The van der Waals surface area contributed by atoms with Crippen molar-refractivity contribution in [1.29, 1.82) is 0 Å². The molecule has 0 saturated carbocycles. The monoisotopic (exact) mass is 238 g/mol. The van der Waals surface area contributed by atoms with Gasteiger partial charge in [0.25, 0.3) is 0 Å². The Morgan fingerprint density at radius 3 is 2.69 bits per heavy atom. The van der Waals surface area contributed by atoms with Gasteiger partial charge in [-0.2, -0.15) is 0 Å². The first-order valence-electron chi connectivity index (χ1n) is 4.33. The maximum absolute atomic E-state index is 12.7. The lowest BCUT2D eigenvalue weighted by Gasteiger charge is -2.01. The summed E-state index contributed by atoms with van der Waals surface area (Å²) in [5.74, 6) is -0.185. The summed E-state index contributed by atoms with van der Waals surface area (Å²) in [6, 6.07) is 5.81. The Bertz CT molecular complexity index is 510. The lowest BCUT2D eigenvalue weighted by molar-refractivity contribution is 0.209. The number of hydrogen-bond donors (Lipinski definition) is 1. The van der Waals surface area contributed by atoms with E-state index in [-0.39, 0.29) is 11.7 Å². The molecule has 0 aliphatic rings. The van der Waals surface area contributed by atoms with Crippen LogP contribution in [0.5, 0.6) is 5.88 Å². The van der Waals surface area contributed by atoms with E-state index >= 15 is 0 Å². The fourth-order valence-corrected chi connectivity index (χ4v) is 1.92. The van der Waals surface area contributed by atoms with Gasteiger partial charge in [0, 0.05) is 0 Å². The van der Waals surface area contributed by atoms with Crippen molar-refractivity contribution in [2.45, 2.75) is 0 Å². The Morgan fingerprint density at radius 2 is 2.06 bits per heavy atom. The van der Waals surface area contributed by atoms with Gasteiger partial charge in [0.05, 0.1) is 10.4 Å². The quantitative estimate of drug-likeness (QED) is 0.873. The van der Waals surface area contributed by atoms with Crippen LogP contribution in [0.15, 0.2) is 29.8 Å². The molecule has 2 aromatic rings. The molecule has 4 nitrogen and oxygen atoms in total. The third-order valence-electron chi connectivity index (χ3n) is 1.84. The van der Waals surface area contributed by atoms with Crippen LogP contribution < -0.4 is 10.5 Å². The molecule has 1 heterocycles. The van der Waals surface area contributed by atoms with Gasteiger partial charge >= 0.3 is 6.09 Å². The number of hydrogen-bond acceptors (Lipinski definition) is 4. The van der Waals surface area contributed by atoms with E-state index in [2.05, 4.69) is 4.98 Å². The van der Waals surface area contributed by atoms with Crippen molar-refractivity contribution >= 4 is 17.4 Å². The van der Waals surface area contributed by atoms with E-state index in [9.17, 15) is 9.18 Å². The molecule has 6 heteroatoms. The second-order valence-corrected chi connectivity index (χ2v) is 3.77. The van der Waals surface area contributed by atoms with Crippen molar-refractivity contribution in [2.24, 2.45) is 5.73 Å². The van der Waals surface area contributed by atoms with Crippen molar-refractivity contribution in [3.8, 4) is 16.3 Å². The zero-order chi connectivity index (χ0) is 11.5. The third-order valence-corrected chi connectivity index (χ3v) is 2.70. The minimum atomic E-state index is -0.922. The van der Waals surface area contributed by atoms with Gasteiger partial charge in [0.2, 0.25) is 5.88 Å². The van der Waals surface area contributed by atoms with Gasteiger partial charge < -0.3 is 10.5 Å². The highest BCUT2D eigenvalue weighted by molar-refractivity contribution is 7.13. The van der Waals surface area contributed by atoms with Crippen molar-refractivity contribution in [1.82, 2.24) is 4.98 Å². The second-order valence-electron chi connectivity index (χ2n) is 2.91. The van der Waals surface area contributed by atoms with Crippen LogP contribution in [0.4, 0.5) is 9.18 Å². The van der Waals surface area contributed by atoms with Crippen molar-refractivity contribution < 1.29 is 13.9 Å². The lowest BCUT2D eigenvalue weighted by atomic mass is 10.2. The first kappa shape index (κ1) is 10.6.